The van der Waals surface area contributed by atoms with Gasteiger partial charge in [-0.15, -0.1) is 0 Å². The zero-order valence-electron chi connectivity index (χ0n) is 20.9. The molecule has 5 rings (SSSR count). The second kappa shape index (κ2) is 11.4. The Kier molecular flexibility index (Phi) is 7.63. The van der Waals surface area contributed by atoms with E-state index >= 15 is 0 Å². The van der Waals surface area contributed by atoms with Crippen LogP contribution in [0.15, 0.2) is 84.9 Å². The predicted molar refractivity (Wildman–Crippen MR) is 146 cm³/mol. The molecule has 0 aliphatic carbocycles. The van der Waals surface area contributed by atoms with Crippen molar-refractivity contribution in [1.82, 2.24) is 4.90 Å². The highest BCUT2D eigenvalue weighted by Gasteiger charge is 2.19. The molecule has 0 N–H and O–H groups in total. The number of benzene rings is 4. The van der Waals surface area contributed by atoms with Crippen LogP contribution < -0.4 is 9.47 Å². The summed E-state index contributed by atoms with van der Waals surface area (Å²) in [6.45, 7) is 6.51. The van der Waals surface area contributed by atoms with Gasteiger partial charge in [0.15, 0.2) is 5.78 Å². The summed E-state index contributed by atoms with van der Waals surface area (Å²) in [6, 6.07) is 27.7. The summed E-state index contributed by atoms with van der Waals surface area (Å²) in [5.41, 5.74) is 3.31. The maximum atomic E-state index is 13.9. The van der Waals surface area contributed by atoms with E-state index in [1.807, 2.05) is 85.8 Å². The molecule has 4 aromatic carbocycles. The average Bonchev–Trinajstić information content (AvgIpc) is 2.93. The van der Waals surface area contributed by atoms with Gasteiger partial charge in [0.25, 0.3) is 0 Å². The van der Waals surface area contributed by atoms with Crippen LogP contribution in [0.5, 0.6) is 11.5 Å². The lowest BCUT2D eigenvalue weighted by Gasteiger charge is -2.26. The molecule has 0 aromatic heterocycles. The monoisotopic (exact) mass is 479 g/mol. The summed E-state index contributed by atoms with van der Waals surface area (Å²) < 4.78 is 11.7. The lowest BCUT2D eigenvalue weighted by molar-refractivity contribution is 0.104. The fourth-order valence-corrected chi connectivity index (χ4v) is 4.99. The molecule has 0 spiro atoms. The molecule has 0 amide bonds. The molecule has 0 bridgehead atoms. The quantitative estimate of drug-likeness (QED) is 0.242. The standard InChI is InChI=1S/C32H33NO3/c1-2-35-28-16-18-30-26(23-28)13-17-29(24-9-5-3-6-10-24)31(30)32(34)25-11-14-27(15-12-25)36-22-21-33-19-7-4-8-20-33/h3,5-6,9-18,23H,2,4,7-8,19-22H2,1H3. The van der Waals surface area contributed by atoms with Crippen LogP contribution in [0, 0.1) is 0 Å². The third kappa shape index (κ3) is 5.44. The van der Waals surface area contributed by atoms with Crippen LogP contribution in [-0.4, -0.2) is 43.5 Å². The Bertz CT molecular complexity index is 1310. The van der Waals surface area contributed by atoms with Crippen molar-refractivity contribution in [3.05, 3.63) is 96.1 Å². The summed E-state index contributed by atoms with van der Waals surface area (Å²) >= 11 is 0. The van der Waals surface area contributed by atoms with Crippen molar-refractivity contribution in [2.45, 2.75) is 26.2 Å². The van der Waals surface area contributed by atoms with E-state index in [2.05, 4.69) is 11.0 Å². The van der Waals surface area contributed by atoms with Crippen LogP contribution in [0.25, 0.3) is 21.9 Å². The van der Waals surface area contributed by atoms with Crippen molar-refractivity contribution in [2.75, 3.05) is 32.8 Å². The van der Waals surface area contributed by atoms with Gasteiger partial charge in [-0.1, -0.05) is 48.9 Å². The van der Waals surface area contributed by atoms with E-state index in [-0.39, 0.29) is 5.78 Å². The molecule has 4 aromatic rings. The number of hydrogen-bond acceptors (Lipinski definition) is 4. The zero-order valence-corrected chi connectivity index (χ0v) is 20.9. The molecule has 0 saturated carbocycles. The number of piperidine rings is 1. The van der Waals surface area contributed by atoms with Crippen molar-refractivity contribution >= 4 is 16.6 Å². The minimum absolute atomic E-state index is 0.00322. The molecule has 1 fully saturated rings. The van der Waals surface area contributed by atoms with E-state index in [9.17, 15) is 4.79 Å². The molecule has 4 nitrogen and oxygen atoms in total. The summed E-state index contributed by atoms with van der Waals surface area (Å²) in [5.74, 6) is 1.61. The molecule has 1 aliphatic heterocycles. The van der Waals surface area contributed by atoms with Gasteiger partial charge in [0.2, 0.25) is 0 Å². The van der Waals surface area contributed by atoms with Gasteiger partial charge < -0.3 is 9.47 Å². The SMILES string of the molecule is CCOc1ccc2c(C(=O)c3ccc(OCCN4CCCCC4)cc3)c(-c3ccccc3)ccc2c1. The summed E-state index contributed by atoms with van der Waals surface area (Å²) in [4.78, 5) is 16.4. The number of carbonyl (C=O) groups is 1. The molecular formula is C32H33NO3. The van der Waals surface area contributed by atoms with Crippen LogP contribution in [0.4, 0.5) is 0 Å². The summed E-state index contributed by atoms with van der Waals surface area (Å²) in [5, 5.41) is 1.91. The molecule has 1 saturated heterocycles. The number of hydrogen-bond donors (Lipinski definition) is 0. The Morgan fingerprint density at radius 2 is 1.56 bits per heavy atom. The fraction of sp³-hybridized carbons (Fsp3) is 0.281. The Hall–Kier alpha value is -3.63. The third-order valence-electron chi connectivity index (χ3n) is 6.86. The van der Waals surface area contributed by atoms with Crippen LogP contribution >= 0.6 is 0 Å². The number of nitrogens with zero attached hydrogens (tertiary/aromatic N) is 1. The van der Waals surface area contributed by atoms with E-state index in [1.54, 1.807) is 0 Å². The first-order valence-corrected chi connectivity index (χ1v) is 13.0. The highest BCUT2D eigenvalue weighted by atomic mass is 16.5. The van der Waals surface area contributed by atoms with Crippen LogP contribution in [-0.2, 0) is 0 Å². The van der Waals surface area contributed by atoms with Gasteiger partial charge in [-0.3, -0.25) is 9.69 Å². The third-order valence-corrected chi connectivity index (χ3v) is 6.86. The number of rotatable bonds is 9. The van der Waals surface area contributed by atoms with E-state index < -0.39 is 0 Å². The van der Waals surface area contributed by atoms with Gasteiger partial charge in [-0.2, -0.15) is 0 Å². The zero-order chi connectivity index (χ0) is 24.7. The van der Waals surface area contributed by atoms with Crippen LogP contribution in [0.2, 0.25) is 0 Å². The molecule has 0 radical (unpaired) electrons. The number of carbonyl (C=O) groups excluding carboxylic acids is 1. The lowest BCUT2D eigenvalue weighted by Crippen LogP contribution is -2.33. The van der Waals surface area contributed by atoms with Crippen molar-refractivity contribution in [3.63, 3.8) is 0 Å². The largest absolute Gasteiger partial charge is 0.494 e. The van der Waals surface area contributed by atoms with E-state index in [0.717, 1.165) is 53.0 Å². The molecule has 4 heteroatoms. The average molecular weight is 480 g/mol. The minimum atomic E-state index is 0.00322. The first-order chi connectivity index (χ1) is 17.7. The highest BCUT2D eigenvalue weighted by Crippen LogP contribution is 2.34. The van der Waals surface area contributed by atoms with E-state index in [0.29, 0.717) is 24.3 Å². The topological polar surface area (TPSA) is 38.8 Å². The van der Waals surface area contributed by atoms with Gasteiger partial charge in [-0.25, -0.2) is 0 Å². The van der Waals surface area contributed by atoms with Gasteiger partial charge in [-0.05, 0) is 97.2 Å². The van der Waals surface area contributed by atoms with Crippen LogP contribution in [0.1, 0.15) is 42.1 Å². The molecule has 36 heavy (non-hydrogen) atoms. The molecule has 184 valence electrons. The molecule has 1 aliphatic rings. The van der Waals surface area contributed by atoms with Gasteiger partial charge in [0, 0.05) is 17.7 Å². The molecule has 0 unspecified atom stereocenters. The first kappa shape index (κ1) is 24.1. The predicted octanol–water partition coefficient (Wildman–Crippen LogP) is 7.00. The molecule has 0 atom stereocenters. The number of ether oxygens (including phenoxy) is 2. The van der Waals surface area contributed by atoms with Crippen LogP contribution in [0.3, 0.4) is 0 Å². The van der Waals surface area contributed by atoms with E-state index in [1.165, 1.54) is 19.3 Å². The Morgan fingerprint density at radius 3 is 2.31 bits per heavy atom. The Morgan fingerprint density at radius 1 is 0.806 bits per heavy atom. The van der Waals surface area contributed by atoms with Crippen molar-refractivity contribution < 1.29 is 14.3 Å². The summed E-state index contributed by atoms with van der Waals surface area (Å²) in [6.07, 6.45) is 3.90. The lowest BCUT2D eigenvalue weighted by atomic mass is 9.89. The Balaban J connectivity index is 1.42. The highest BCUT2D eigenvalue weighted by molar-refractivity contribution is 6.20. The fourth-order valence-electron chi connectivity index (χ4n) is 4.99. The first-order valence-electron chi connectivity index (χ1n) is 13.0. The number of likely N-dealkylation sites (tertiary alicyclic amines) is 1. The van der Waals surface area contributed by atoms with Gasteiger partial charge >= 0.3 is 0 Å². The van der Waals surface area contributed by atoms with Gasteiger partial charge in [0.1, 0.15) is 18.1 Å². The normalized spacial score (nSPS) is 14.0. The summed E-state index contributed by atoms with van der Waals surface area (Å²) in [7, 11) is 0. The maximum absolute atomic E-state index is 13.9. The smallest absolute Gasteiger partial charge is 0.194 e. The van der Waals surface area contributed by atoms with Crippen molar-refractivity contribution in [1.29, 1.82) is 0 Å². The Labute approximate surface area is 213 Å². The van der Waals surface area contributed by atoms with Gasteiger partial charge in [0.05, 0.1) is 6.61 Å². The van der Waals surface area contributed by atoms with Crippen molar-refractivity contribution in [2.24, 2.45) is 0 Å². The number of fused-ring (bicyclic) bond motifs is 1. The van der Waals surface area contributed by atoms with E-state index in [4.69, 9.17) is 9.47 Å². The number of ketones is 1. The molecule has 1 heterocycles. The second-order valence-electron chi connectivity index (χ2n) is 9.27. The molecular weight excluding hydrogens is 446 g/mol. The maximum Gasteiger partial charge on any atom is 0.194 e. The minimum Gasteiger partial charge on any atom is -0.494 e. The van der Waals surface area contributed by atoms with Crippen molar-refractivity contribution in [3.8, 4) is 22.6 Å². The second-order valence-corrected chi connectivity index (χ2v) is 9.27.